The number of hydrogen-bond donors (Lipinski definition) is 1. The number of carbonyl (C=O) groups excluding carboxylic acids is 1. The maximum absolute atomic E-state index is 14.6. The van der Waals surface area contributed by atoms with Crippen molar-refractivity contribution in [3.05, 3.63) is 54.1 Å². The van der Waals surface area contributed by atoms with Crippen molar-refractivity contribution in [2.45, 2.75) is 36.6 Å². The zero-order chi connectivity index (χ0) is 21.2. The van der Waals surface area contributed by atoms with Gasteiger partial charge in [-0.1, -0.05) is 30.3 Å². The third-order valence-corrected chi connectivity index (χ3v) is 7.38. The smallest absolute Gasteiger partial charge is 0.234 e. The number of carbonyl (C=O) groups is 1. The van der Waals surface area contributed by atoms with Gasteiger partial charge in [-0.25, -0.2) is 9.37 Å². The van der Waals surface area contributed by atoms with Crippen LogP contribution >= 0.6 is 23.1 Å². The quantitative estimate of drug-likeness (QED) is 0.423. The van der Waals surface area contributed by atoms with Crippen molar-refractivity contribution in [3.63, 3.8) is 0 Å². The number of halogens is 1. The molecule has 0 radical (unpaired) electrons. The van der Waals surface area contributed by atoms with E-state index in [2.05, 4.69) is 20.5 Å². The van der Waals surface area contributed by atoms with Crippen LogP contribution < -0.4 is 5.32 Å². The molecule has 9 heteroatoms. The Morgan fingerprint density at radius 1 is 1.16 bits per heavy atom. The molecule has 0 saturated carbocycles. The molecule has 2 aromatic carbocycles. The summed E-state index contributed by atoms with van der Waals surface area (Å²) in [6, 6.07) is 12.5. The van der Waals surface area contributed by atoms with Gasteiger partial charge in [0.05, 0.1) is 21.5 Å². The van der Waals surface area contributed by atoms with Gasteiger partial charge < -0.3 is 9.88 Å². The Balaban J connectivity index is 1.30. The van der Waals surface area contributed by atoms with Gasteiger partial charge in [0.25, 0.3) is 0 Å². The number of thiazole rings is 1. The minimum absolute atomic E-state index is 0.165. The van der Waals surface area contributed by atoms with E-state index in [1.54, 1.807) is 23.5 Å². The molecule has 158 valence electrons. The summed E-state index contributed by atoms with van der Waals surface area (Å²) in [6.07, 6.45) is 4.09. The van der Waals surface area contributed by atoms with Crippen molar-refractivity contribution in [2.75, 3.05) is 11.1 Å². The van der Waals surface area contributed by atoms with E-state index in [1.807, 2.05) is 28.8 Å². The fourth-order valence-corrected chi connectivity index (χ4v) is 5.56. The number of anilines is 1. The highest BCUT2D eigenvalue weighted by Crippen LogP contribution is 2.30. The number of fused-ring (bicyclic) bond motifs is 2. The minimum atomic E-state index is -0.374. The van der Waals surface area contributed by atoms with Crippen molar-refractivity contribution < 1.29 is 9.18 Å². The van der Waals surface area contributed by atoms with E-state index in [0.29, 0.717) is 17.1 Å². The highest BCUT2D eigenvalue weighted by molar-refractivity contribution is 8.01. The van der Waals surface area contributed by atoms with Crippen molar-refractivity contribution in [2.24, 2.45) is 0 Å². The van der Waals surface area contributed by atoms with E-state index in [0.717, 1.165) is 52.6 Å². The first-order valence-electron chi connectivity index (χ1n) is 10.2. The maximum Gasteiger partial charge on any atom is 0.234 e. The molecule has 4 aromatic rings. The summed E-state index contributed by atoms with van der Waals surface area (Å²) >= 11 is 2.96. The van der Waals surface area contributed by atoms with Crippen molar-refractivity contribution in [3.8, 4) is 11.4 Å². The molecule has 3 heterocycles. The monoisotopic (exact) mass is 453 g/mol. The summed E-state index contributed by atoms with van der Waals surface area (Å²) in [7, 11) is 0. The number of nitrogens with one attached hydrogen (secondary N) is 1. The molecule has 1 N–H and O–H groups in total. The number of aromatic nitrogens is 4. The third kappa shape index (κ3) is 4.33. The molecule has 0 bridgehead atoms. The van der Waals surface area contributed by atoms with Crippen molar-refractivity contribution in [1.82, 2.24) is 19.7 Å². The lowest BCUT2D eigenvalue weighted by molar-refractivity contribution is -0.113. The highest BCUT2D eigenvalue weighted by atomic mass is 32.2. The summed E-state index contributed by atoms with van der Waals surface area (Å²) in [6.45, 7) is 0.784. The van der Waals surface area contributed by atoms with Gasteiger partial charge in [0.15, 0.2) is 10.2 Å². The first-order valence-corrected chi connectivity index (χ1v) is 12.0. The van der Waals surface area contributed by atoms with E-state index >= 15 is 0 Å². The van der Waals surface area contributed by atoms with Gasteiger partial charge in [0.2, 0.25) is 5.91 Å². The fourth-order valence-electron chi connectivity index (χ4n) is 3.70. The number of thioether (sulfide) groups is 1. The first kappa shape index (κ1) is 20.1. The second-order valence-electron chi connectivity index (χ2n) is 7.38. The van der Waals surface area contributed by atoms with Gasteiger partial charge in [-0.2, -0.15) is 0 Å². The van der Waals surface area contributed by atoms with Crippen LogP contribution in [0, 0.1) is 5.82 Å². The van der Waals surface area contributed by atoms with Crippen LogP contribution in [0.25, 0.3) is 21.6 Å². The number of aryl methyl sites for hydroxylation is 1. The molecule has 0 spiro atoms. The van der Waals surface area contributed by atoms with Gasteiger partial charge in [-0.15, -0.1) is 21.5 Å². The predicted octanol–water partition coefficient (Wildman–Crippen LogP) is 5.15. The summed E-state index contributed by atoms with van der Waals surface area (Å²) < 4.78 is 18.6. The lowest BCUT2D eigenvalue weighted by Crippen LogP contribution is -2.14. The van der Waals surface area contributed by atoms with Gasteiger partial charge in [-0.05, 0) is 43.2 Å². The van der Waals surface area contributed by atoms with E-state index in [1.165, 1.54) is 17.8 Å². The third-order valence-electron chi connectivity index (χ3n) is 5.20. The second kappa shape index (κ2) is 8.76. The molecular weight excluding hydrogens is 433 g/mol. The minimum Gasteiger partial charge on any atom is -0.325 e. The molecule has 6 nitrogen and oxygen atoms in total. The van der Waals surface area contributed by atoms with Crippen LogP contribution in [0.5, 0.6) is 0 Å². The number of rotatable bonds is 5. The Kier molecular flexibility index (Phi) is 5.69. The average Bonchev–Trinajstić information content (AvgIpc) is 3.30. The van der Waals surface area contributed by atoms with Crippen LogP contribution in [0.3, 0.4) is 0 Å². The predicted molar refractivity (Wildman–Crippen MR) is 122 cm³/mol. The summed E-state index contributed by atoms with van der Waals surface area (Å²) in [5.41, 5.74) is 1.83. The number of para-hydroxylation sites is 1. The molecule has 2 aromatic heterocycles. The molecule has 0 aliphatic carbocycles. The van der Waals surface area contributed by atoms with Gasteiger partial charge in [0.1, 0.15) is 11.6 Å². The Hall–Kier alpha value is -2.78. The lowest BCUT2D eigenvalue weighted by Gasteiger charge is -2.10. The van der Waals surface area contributed by atoms with Crippen LogP contribution in [-0.2, 0) is 17.8 Å². The molecule has 0 fully saturated rings. The van der Waals surface area contributed by atoms with Gasteiger partial charge >= 0.3 is 0 Å². The normalized spacial score (nSPS) is 13.7. The Morgan fingerprint density at radius 2 is 2.06 bits per heavy atom. The van der Waals surface area contributed by atoms with Crippen LogP contribution in [-0.4, -0.2) is 31.4 Å². The molecular formula is C22H20FN5OS2. The average molecular weight is 454 g/mol. The summed E-state index contributed by atoms with van der Waals surface area (Å²) in [5, 5.41) is 11.4. The molecule has 5 rings (SSSR count). The Bertz CT molecular complexity index is 1220. The van der Waals surface area contributed by atoms with Crippen LogP contribution in [0.1, 0.15) is 25.1 Å². The molecule has 0 atom stereocenters. The second-order valence-corrected chi connectivity index (χ2v) is 9.63. The van der Waals surface area contributed by atoms with Crippen LogP contribution in [0.4, 0.5) is 10.1 Å². The number of benzene rings is 2. The Morgan fingerprint density at radius 3 is 2.97 bits per heavy atom. The number of amides is 1. The van der Waals surface area contributed by atoms with Crippen molar-refractivity contribution >= 4 is 44.9 Å². The number of nitrogens with zero attached hydrogens (tertiary/aromatic N) is 4. The van der Waals surface area contributed by atoms with Crippen LogP contribution in [0.2, 0.25) is 0 Å². The maximum atomic E-state index is 14.6. The standard InChI is InChI=1S/C22H20FN5OS2/c23-16-10-9-14(12-15(16)21-27-26-19-8-2-1-5-11-28(19)21)24-20(29)13-30-22-25-17-6-3-4-7-18(17)31-22/h3-4,6-7,9-10,12H,1-2,5,8,11,13H2,(H,24,29). The largest absolute Gasteiger partial charge is 0.325 e. The number of hydrogen-bond acceptors (Lipinski definition) is 6. The lowest BCUT2D eigenvalue weighted by atomic mass is 10.1. The van der Waals surface area contributed by atoms with E-state index < -0.39 is 0 Å². The molecule has 1 aliphatic rings. The molecule has 31 heavy (non-hydrogen) atoms. The Labute approximate surface area is 186 Å². The van der Waals surface area contributed by atoms with Gasteiger partial charge in [-0.3, -0.25) is 4.79 Å². The van der Waals surface area contributed by atoms with E-state index in [4.69, 9.17) is 0 Å². The topological polar surface area (TPSA) is 72.7 Å². The first-order chi connectivity index (χ1) is 15.2. The van der Waals surface area contributed by atoms with Crippen molar-refractivity contribution in [1.29, 1.82) is 0 Å². The molecule has 1 aliphatic heterocycles. The zero-order valence-corrected chi connectivity index (χ0v) is 18.3. The summed E-state index contributed by atoms with van der Waals surface area (Å²) in [4.78, 5) is 17.0. The van der Waals surface area contributed by atoms with E-state index in [9.17, 15) is 9.18 Å². The highest BCUT2D eigenvalue weighted by Gasteiger charge is 2.19. The zero-order valence-electron chi connectivity index (χ0n) is 16.7. The van der Waals surface area contributed by atoms with Crippen LogP contribution in [0.15, 0.2) is 46.8 Å². The SMILES string of the molecule is O=C(CSc1nc2ccccc2s1)Nc1ccc(F)c(-c2nnc3n2CCCCC3)c1. The summed E-state index contributed by atoms with van der Waals surface area (Å²) in [5.74, 6) is 1.11. The van der Waals surface area contributed by atoms with E-state index in [-0.39, 0.29) is 17.5 Å². The molecule has 0 saturated heterocycles. The molecule has 1 amide bonds. The molecule has 0 unspecified atom stereocenters. The fraction of sp³-hybridized carbons (Fsp3) is 0.273. The van der Waals surface area contributed by atoms with Gasteiger partial charge in [0, 0.05) is 18.7 Å².